The Balaban J connectivity index is 1.80. The van der Waals surface area contributed by atoms with E-state index in [1.807, 2.05) is 0 Å². The van der Waals surface area contributed by atoms with E-state index in [1.165, 1.54) is 10.9 Å². The molecule has 1 heterocycles. The summed E-state index contributed by atoms with van der Waals surface area (Å²) in [5.74, 6) is 3.28. The molecule has 20 heavy (non-hydrogen) atoms. The van der Waals surface area contributed by atoms with Crippen molar-refractivity contribution in [1.29, 1.82) is 0 Å². The Morgan fingerprint density at radius 3 is 2.95 bits per heavy atom. The van der Waals surface area contributed by atoms with Gasteiger partial charge in [0.1, 0.15) is 0 Å². The third kappa shape index (κ3) is 3.55. The summed E-state index contributed by atoms with van der Waals surface area (Å²) in [5.41, 5.74) is 1.28. The number of guanidine groups is 1. The summed E-state index contributed by atoms with van der Waals surface area (Å²) < 4.78 is 2.27. The van der Waals surface area contributed by atoms with Crippen LogP contribution < -0.4 is 10.6 Å². The van der Waals surface area contributed by atoms with Gasteiger partial charge in [-0.1, -0.05) is 24.1 Å². The molecular formula is C16H20N4. The molecule has 0 aliphatic rings. The number of benzene rings is 1. The number of rotatable bonds is 5. The van der Waals surface area contributed by atoms with Gasteiger partial charge < -0.3 is 15.2 Å². The molecule has 0 bridgehead atoms. The van der Waals surface area contributed by atoms with Crippen LogP contribution in [0.25, 0.3) is 10.9 Å². The predicted molar refractivity (Wildman–Crippen MR) is 84.8 cm³/mol. The lowest BCUT2D eigenvalue weighted by atomic mass is 10.2. The molecule has 4 heteroatoms. The molecular weight excluding hydrogens is 248 g/mol. The summed E-state index contributed by atoms with van der Waals surface area (Å²) in [6, 6.07) is 10.6. The van der Waals surface area contributed by atoms with Gasteiger partial charge >= 0.3 is 0 Å². The zero-order valence-electron chi connectivity index (χ0n) is 11.8. The number of para-hydroxylation sites is 1. The van der Waals surface area contributed by atoms with Gasteiger partial charge in [0.25, 0.3) is 0 Å². The number of aliphatic imine (C=N–C) groups is 1. The normalized spacial score (nSPS) is 11.3. The zero-order chi connectivity index (χ0) is 14.2. The topological polar surface area (TPSA) is 41.4 Å². The maximum Gasteiger partial charge on any atom is 0.191 e. The third-order valence-corrected chi connectivity index (χ3v) is 3.13. The first-order valence-corrected chi connectivity index (χ1v) is 6.77. The maximum atomic E-state index is 5.20. The fourth-order valence-corrected chi connectivity index (χ4v) is 2.15. The number of nitrogens with zero attached hydrogens (tertiary/aromatic N) is 2. The van der Waals surface area contributed by atoms with Gasteiger partial charge in [0, 0.05) is 31.9 Å². The van der Waals surface area contributed by atoms with Crippen molar-refractivity contribution in [1.82, 2.24) is 15.2 Å². The Hall–Kier alpha value is -2.41. The van der Waals surface area contributed by atoms with Crippen LogP contribution in [0.2, 0.25) is 0 Å². The van der Waals surface area contributed by atoms with E-state index in [-0.39, 0.29) is 0 Å². The third-order valence-electron chi connectivity index (χ3n) is 3.13. The standard InChI is InChI=1S/C16H20N4/c1-3-10-18-16(17-2)19-11-6-12-20-13-9-14-7-4-5-8-15(14)20/h1,4-5,7-9,13H,6,10-12H2,2H3,(H2,17,18,19). The molecule has 0 saturated heterocycles. The Kier molecular flexibility index (Phi) is 5.08. The van der Waals surface area contributed by atoms with E-state index in [0.717, 1.165) is 25.5 Å². The number of terminal acetylenes is 1. The Bertz CT molecular complexity index is 619. The van der Waals surface area contributed by atoms with Crippen molar-refractivity contribution in [3.05, 3.63) is 36.5 Å². The average Bonchev–Trinajstić information content (AvgIpc) is 2.90. The molecule has 0 aliphatic carbocycles. The number of hydrogen-bond acceptors (Lipinski definition) is 1. The van der Waals surface area contributed by atoms with Crippen LogP contribution >= 0.6 is 0 Å². The van der Waals surface area contributed by atoms with Crippen molar-refractivity contribution in [2.75, 3.05) is 20.1 Å². The Morgan fingerprint density at radius 2 is 2.15 bits per heavy atom. The summed E-state index contributed by atoms with van der Waals surface area (Å²) in [6.07, 6.45) is 8.36. The molecule has 2 N–H and O–H groups in total. The van der Waals surface area contributed by atoms with Crippen LogP contribution in [0.15, 0.2) is 41.5 Å². The van der Waals surface area contributed by atoms with Gasteiger partial charge in [0.15, 0.2) is 5.96 Å². The summed E-state index contributed by atoms with van der Waals surface area (Å²) in [5, 5.41) is 7.57. The van der Waals surface area contributed by atoms with E-state index in [0.29, 0.717) is 6.54 Å². The highest BCUT2D eigenvalue weighted by Crippen LogP contribution is 2.14. The van der Waals surface area contributed by atoms with E-state index >= 15 is 0 Å². The van der Waals surface area contributed by atoms with Gasteiger partial charge in [-0.25, -0.2) is 0 Å². The lowest BCUT2D eigenvalue weighted by Crippen LogP contribution is -2.38. The molecule has 2 aromatic rings. The molecule has 0 unspecified atom stereocenters. The van der Waals surface area contributed by atoms with Crippen molar-refractivity contribution < 1.29 is 0 Å². The quantitative estimate of drug-likeness (QED) is 0.376. The molecule has 2 rings (SSSR count). The SMILES string of the molecule is C#CCNC(=NC)NCCCn1ccc2ccccc21. The second-order valence-electron chi connectivity index (χ2n) is 4.48. The van der Waals surface area contributed by atoms with E-state index in [2.05, 4.69) is 62.6 Å². The zero-order valence-corrected chi connectivity index (χ0v) is 11.8. The first kappa shape index (κ1) is 14.0. The maximum absolute atomic E-state index is 5.20. The highest BCUT2D eigenvalue weighted by molar-refractivity contribution is 5.80. The Morgan fingerprint density at radius 1 is 1.30 bits per heavy atom. The number of hydrogen-bond donors (Lipinski definition) is 2. The molecule has 0 spiro atoms. The van der Waals surface area contributed by atoms with E-state index < -0.39 is 0 Å². The molecule has 1 aromatic heterocycles. The summed E-state index contributed by atoms with van der Waals surface area (Å²) in [6.45, 7) is 2.32. The van der Waals surface area contributed by atoms with Crippen LogP contribution in [0, 0.1) is 12.3 Å². The molecule has 104 valence electrons. The summed E-state index contributed by atoms with van der Waals surface area (Å²) >= 11 is 0. The van der Waals surface area contributed by atoms with Crippen molar-refractivity contribution in [3.8, 4) is 12.3 Å². The van der Waals surface area contributed by atoms with Crippen LogP contribution in [0.1, 0.15) is 6.42 Å². The molecule has 0 saturated carbocycles. The van der Waals surface area contributed by atoms with Gasteiger partial charge in [-0.2, -0.15) is 0 Å². The molecule has 0 amide bonds. The van der Waals surface area contributed by atoms with E-state index in [4.69, 9.17) is 6.42 Å². The lowest BCUT2D eigenvalue weighted by molar-refractivity contribution is 0.643. The van der Waals surface area contributed by atoms with Crippen LogP contribution in [-0.2, 0) is 6.54 Å². The van der Waals surface area contributed by atoms with Crippen LogP contribution in [0.4, 0.5) is 0 Å². The van der Waals surface area contributed by atoms with Gasteiger partial charge in [-0.3, -0.25) is 4.99 Å². The fraction of sp³-hybridized carbons (Fsp3) is 0.312. The van der Waals surface area contributed by atoms with Crippen LogP contribution in [0.5, 0.6) is 0 Å². The van der Waals surface area contributed by atoms with Crippen molar-refractivity contribution in [3.63, 3.8) is 0 Å². The van der Waals surface area contributed by atoms with Gasteiger partial charge in [0.05, 0.1) is 6.54 Å². The highest BCUT2D eigenvalue weighted by Gasteiger charge is 2.00. The minimum Gasteiger partial charge on any atom is -0.356 e. The first-order valence-electron chi connectivity index (χ1n) is 6.77. The number of fused-ring (bicyclic) bond motifs is 1. The minimum absolute atomic E-state index is 0.488. The van der Waals surface area contributed by atoms with Gasteiger partial charge in [0.2, 0.25) is 0 Å². The van der Waals surface area contributed by atoms with Crippen LogP contribution in [0.3, 0.4) is 0 Å². The van der Waals surface area contributed by atoms with Crippen molar-refractivity contribution in [2.24, 2.45) is 4.99 Å². The monoisotopic (exact) mass is 268 g/mol. The largest absolute Gasteiger partial charge is 0.356 e. The van der Waals surface area contributed by atoms with Gasteiger partial charge in [-0.15, -0.1) is 6.42 Å². The second-order valence-corrected chi connectivity index (χ2v) is 4.48. The first-order chi connectivity index (χ1) is 9.85. The smallest absolute Gasteiger partial charge is 0.191 e. The summed E-state index contributed by atoms with van der Waals surface area (Å²) in [7, 11) is 1.74. The van der Waals surface area contributed by atoms with Crippen molar-refractivity contribution >= 4 is 16.9 Å². The lowest BCUT2D eigenvalue weighted by Gasteiger charge is -2.10. The van der Waals surface area contributed by atoms with E-state index in [9.17, 15) is 0 Å². The average molecular weight is 268 g/mol. The molecule has 0 fully saturated rings. The molecule has 0 aliphatic heterocycles. The fourth-order valence-electron chi connectivity index (χ4n) is 2.15. The van der Waals surface area contributed by atoms with Crippen LogP contribution in [-0.4, -0.2) is 30.7 Å². The van der Waals surface area contributed by atoms with Gasteiger partial charge in [-0.05, 0) is 23.9 Å². The molecule has 0 radical (unpaired) electrons. The summed E-state index contributed by atoms with van der Waals surface area (Å²) in [4.78, 5) is 4.10. The second kappa shape index (κ2) is 7.25. The number of aromatic nitrogens is 1. The Labute approximate surface area is 119 Å². The molecule has 1 aromatic carbocycles. The molecule has 4 nitrogen and oxygen atoms in total. The number of nitrogens with one attached hydrogen (secondary N) is 2. The molecule has 0 atom stereocenters. The predicted octanol–water partition coefficient (Wildman–Crippen LogP) is 1.83. The van der Waals surface area contributed by atoms with Crippen molar-refractivity contribution in [2.45, 2.75) is 13.0 Å². The minimum atomic E-state index is 0.488. The highest BCUT2D eigenvalue weighted by atomic mass is 15.2. The number of aryl methyl sites for hydroxylation is 1. The van der Waals surface area contributed by atoms with E-state index in [1.54, 1.807) is 7.05 Å².